The van der Waals surface area contributed by atoms with E-state index in [-0.39, 0.29) is 17.4 Å². The van der Waals surface area contributed by atoms with E-state index in [9.17, 15) is 14.9 Å². The molecule has 3 saturated heterocycles. The van der Waals surface area contributed by atoms with Crippen molar-refractivity contribution in [2.75, 3.05) is 19.6 Å². The third-order valence-electron chi connectivity index (χ3n) is 4.46. The SMILES string of the molecule is O=C(O)Oc1ccc([N+](=O)[O-])cc1C1CN2CCC1CC2. The van der Waals surface area contributed by atoms with Crippen LogP contribution >= 0.6 is 0 Å². The summed E-state index contributed by atoms with van der Waals surface area (Å²) in [6, 6.07) is 4.13. The molecule has 3 heterocycles. The molecule has 1 unspecified atom stereocenters. The van der Waals surface area contributed by atoms with Gasteiger partial charge in [-0.15, -0.1) is 0 Å². The molecular weight excluding hydrogens is 276 g/mol. The first-order chi connectivity index (χ1) is 10.0. The Morgan fingerprint density at radius 3 is 2.62 bits per heavy atom. The summed E-state index contributed by atoms with van der Waals surface area (Å²) in [5.74, 6) is 0.752. The standard InChI is InChI=1S/C14H16N2O5/c17-14(18)21-13-2-1-10(16(19)20)7-11(13)12-8-15-5-3-9(12)4-6-15/h1-2,7,9,12H,3-6,8H2,(H,17,18). The molecule has 0 aliphatic carbocycles. The van der Waals surface area contributed by atoms with Gasteiger partial charge in [0.05, 0.1) is 4.92 Å². The van der Waals surface area contributed by atoms with Gasteiger partial charge in [-0.1, -0.05) is 0 Å². The van der Waals surface area contributed by atoms with Crippen LogP contribution in [0.1, 0.15) is 24.3 Å². The first-order valence-electron chi connectivity index (χ1n) is 6.96. The third kappa shape index (κ3) is 2.69. The minimum Gasteiger partial charge on any atom is -0.449 e. The van der Waals surface area contributed by atoms with Crippen molar-refractivity contribution in [3.8, 4) is 5.75 Å². The fraction of sp³-hybridized carbons (Fsp3) is 0.500. The van der Waals surface area contributed by atoms with Gasteiger partial charge in [-0.25, -0.2) is 4.79 Å². The fourth-order valence-corrected chi connectivity index (χ4v) is 3.44. The van der Waals surface area contributed by atoms with Gasteiger partial charge in [0.1, 0.15) is 5.75 Å². The van der Waals surface area contributed by atoms with Crippen LogP contribution < -0.4 is 4.74 Å². The van der Waals surface area contributed by atoms with Crippen LogP contribution in [-0.2, 0) is 0 Å². The van der Waals surface area contributed by atoms with Crippen LogP contribution in [0.2, 0.25) is 0 Å². The van der Waals surface area contributed by atoms with Crippen LogP contribution in [0.25, 0.3) is 0 Å². The summed E-state index contributed by atoms with van der Waals surface area (Å²) in [6.07, 6.45) is 0.686. The Labute approximate surface area is 121 Å². The maximum atomic E-state index is 11.0. The van der Waals surface area contributed by atoms with Gasteiger partial charge < -0.3 is 14.7 Å². The number of benzene rings is 1. The number of non-ortho nitro benzene ring substituents is 1. The van der Waals surface area contributed by atoms with E-state index in [0.717, 1.165) is 32.5 Å². The molecule has 1 aromatic carbocycles. The molecule has 0 spiro atoms. The number of hydrogen-bond donors (Lipinski definition) is 1. The zero-order chi connectivity index (χ0) is 15.0. The minimum absolute atomic E-state index is 0.0285. The quantitative estimate of drug-likeness (QED) is 0.398. The Morgan fingerprint density at radius 2 is 2.10 bits per heavy atom. The van der Waals surface area contributed by atoms with Crippen molar-refractivity contribution in [1.29, 1.82) is 0 Å². The summed E-state index contributed by atoms with van der Waals surface area (Å²) in [5.41, 5.74) is 0.611. The van der Waals surface area contributed by atoms with Crippen molar-refractivity contribution in [3.63, 3.8) is 0 Å². The topological polar surface area (TPSA) is 92.9 Å². The molecule has 3 aliphatic rings. The van der Waals surface area contributed by atoms with Gasteiger partial charge in [-0.2, -0.15) is 0 Å². The Balaban J connectivity index is 1.99. The van der Waals surface area contributed by atoms with Gasteiger partial charge >= 0.3 is 6.16 Å². The molecule has 3 fully saturated rings. The van der Waals surface area contributed by atoms with Crippen LogP contribution in [0.4, 0.5) is 10.5 Å². The van der Waals surface area contributed by atoms with Crippen LogP contribution in [-0.4, -0.2) is 40.7 Å². The van der Waals surface area contributed by atoms with Crippen molar-refractivity contribution < 1.29 is 19.6 Å². The lowest BCUT2D eigenvalue weighted by Gasteiger charge is -2.45. The van der Waals surface area contributed by atoms with Crippen LogP contribution in [0, 0.1) is 16.0 Å². The summed E-state index contributed by atoms with van der Waals surface area (Å²) in [7, 11) is 0. The maximum Gasteiger partial charge on any atom is 0.511 e. The third-order valence-corrected chi connectivity index (χ3v) is 4.46. The van der Waals surface area contributed by atoms with Crippen molar-refractivity contribution in [1.82, 2.24) is 4.90 Å². The molecule has 4 rings (SSSR count). The number of nitrogens with zero attached hydrogens (tertiary/aromatic N) is 2. The van der Waals surface area contributed by atoms with Gasteiger partial charge in [0.25, 0.3) is 5.69 Å². The predicted molar refractivity (Wildman–Crippen MR) is 73.7 cm³/mol. The lowest BCUT2D eigenvalue weighted by Crippen LogP contribution is -2.46. The van der Waals surface area contributed by atoms with Crippen molar-refractivity contribution in [3.05, 3.63) is 33.9 Å². The Kier molecular flexibility index (Phi) is 3.50. The molecule has 7 nitrogen and oxygen atoms in total. The van der Waals surface area contributed by atoms with Crippen LogP contribution in [0.3, 0.4) is 0 Å². The molecule has 2 bridgehead atoms. The van der Waals surface area contributed by atoms with E-state index < -0.39 is 11.1 Å². The summed E-state index contributed by atoms with van der Waals surface area (Å²) >= 11 is 0. The summed E-state index contributed by atoms with van der Waals surface area (Å²) in [6.45, 7) is 2.90. The number of rotatable bonds is 3. The summed E-state index contributed by atoms with van der Waals surface area (Å²) in [4.78, 5) is 23.6. The first kappa shape index (κ1) is 13.8. The minimum atomic E-state index is -1.40. The highest BCUT2D eigenvalue weighted by molar-refractivity contribution is 5.63. The average molecular weight is 292 g/mol. The molecule has 21 heavy (non-hydrogen) atoms. The smallest absolute Gasteiger partial charge is 0.449 e. The number of piperidine rings is 3. The number of nitro groups is 1. The van der Waals surface area contributed by atoms with Crippen molar-refractivity contribution >= 4 is 11.8 Å². The highest BCUT2D eigenvalue weighted by Gasteiger charge is 2.37. The van der Waals surface area contributed by atoms with Gasteiger partial charge in [-0.3, -0.25) is 10.1 Å². The Morgan fingerprint density at radius 1 is 1.38 bits per heavy atom. The van der Waals surface area contributed by atoms with Crippen LogP contribution in [0.5, 0.6) is 5.75 Å². The van der Waals surface area contributed by atoms with E-state index in [1.807, 2.05) is 0 Å². The molecule has 0 aromatic heterocycles. The van der Waals surface area contributed by atoms with E-state index in [1.165, 1.54) is 18.2 Å². The molecule has 3 aliphatic heterocycles. The molecule has 1 atom stereocenters. The van der Waals surface area contributed by atoms with Crippen molar-refractivity contribution in [2.45, 2.75) is 18.8 Å². The number of nitro benzene ring substituents is 1. The average Bonchev–Trinajstić information content (AvgIpc) is 2.48. The normalized spacial score (nSPS) is 27.3. The summed E-state index contributed by atoms with van der Waals surface area (Å²) < 4.78 is 4.82. The second-order valence-corrected chi connectivity index (χ2v) is 5.59. The van der Waals surface area contributed by atoms with Crippen molar-refractivity contribution in [2.24, 2.45) is 5.92 Å². The second kappa shape index (κ2) is 5.33. The van der Waals surface area contributed by atoms with E-state index in [0.29, 0.717) is 11.5 Å². The van der Waals surface area contributed by atoms with Gasteiger partial charge in [-0.05, 0) is 37.9 Å². The molecular formula is C14H16N2O5. The lowest BCUT2D eigenvalue weighted by molar-refractivity contribution is -0.385. The first-order valence-corrected chi connectivity index (χ1v) is 6.96. The highest BCUT2D eigenvalue weighted by atomic mass is 16.7. The number of carbonyl (C=O) groups is 1. The Bertz CT molecular complexity index is 581. The predicted octanol–water partition coefficient (Wildman–Crippen LogP) is 2.46. The maximum absolute atomic E-state index is 11.0. The molecule has 112 valence electrons. The number of hydrogen-bond acceptors (Lipinski definition) is 5. The van der Waals surface area contributed by atoms with E-state index in [1.54, 1.807) is 0 Å². The van der Waals surface area contributed by atoms with Gasteiger partial charge in [0, 0.05) is 30.2 Å². The molecule has 0 radical (unpaired) electrons. The van der Waals surface area contributed by atoms with Crippen LogP contribution in [0.15, 0.2) is 18.2 Å². The van der Waals surface area contributed by atoms with Gasteiger partial charge in [0.2, 0.25) is 0 Å². The molecule has 0 amide bonds. The second-order valence-electron chi connectivity index (χ2n) is 5.59. The Hall–Kier alpha value is -2.15. The fourth-order valence-electron chi connectivity index (χ4n) is 3.44. The molecule has 7 heteroatoms. The number of fused-ring (bicyclic) bond motifs is 3. The zero-order valence-corrected chi connectivity index (χ0v) is 11.4. The highest BCUT2D eigenvalue weighted by Crippen LogP contribution is 2.43. The number of carboxylic acid groups (broad SMARTS) is 1. The number of ether oxygens (including phenoxy) is 1. The zero-order valence-electron chi connectivity index (χ0n) is 11.4. The van der Waals surface area contributed by atoms with Gasteiger partial charge in [0.15, 0.2) is 0 Å². The molecule has 1 N–H and O–H groups in total. The lowest BCUT2D eigenvalue weighted by atomic mass is 9.75. The van der Waals surface area contributed by atoms with E-state index >= 15 is 0 Å². The summed E-state index contributed by atoms with van der Waals surface area (Å²) in [5, 5.41) is 19.8. The van der Waals surface area contributed by atoms with E-state index in [2.05, 4.69) is 4.90 Å². The van der Waals surface area contributed by atoms with E-state index in [4.69, 9.17) is 9.84 Å². The molecule has 0 saturated carbocycles. The molecule has 1 aromatic rings. The monoisotopic (exact) mass is 292 g/mol. The largest absolute Gasteiger partial charge is 0.511 e.